The van der Waals surface area contributed by atoms with Crippen LogP contribution in [0, 0.1) is 6.92 Å². The highest BCUT2D eigenvalue weighted by Crippen LogP contribution is 2.19. The third-order valence-electron chi connectivity index (χ3n) is 3.87. The van der Waals surface area contributed by atoms with Crippen molar-refractivity contribution in [3.8, 4) is 0 Å². The van der Waals surface area contributed by atoms with Gasteiger partial charge in [0.2, 0.25) is 0 Å². The van der Waals surface area contributed by atoms with Gasteiger partial charge < -0.3 is 15.0 Å². The molecule has 3 nitrogen and oxygen atoms in total. The smallest absolute Gasteiger partial charge is 0.0480 e. The van der Waals surface area contributed by atoms with Gasteiger partial charge in [-0.25, -0.2) is 0 Å². The Bertz CT molecular complexity index is 386. The van der Waals surface area contributed by atoms with E-state index in [1.807, 2.05) is 0 Å². The minimum Gasteiger partial charge on any atom is -0.381 e. The molecule has 1 fully saturated rings. The highest BCUT2D eigenvalue weighted by atomic mass is 16.5. The van der Waals surface area contributed by atoms with Crippen molar-refractivity contribution < 1.29 is 4.74 Å². The van der Waals surface area contributed by atoms with E-state index >= 15 is 0 Å². The minimum atomic E-state index is 0.433. The molecule has 0 bridgehead atoms. The zero-order chi connectivity index (χ0) is 13.7. The van der Waals surface area contributed by atoms with Crippen molar-refractivity contribution in [2.45, 2.75) is 31.8 Å². The normalized spacial score (nSPS) is 18.7. The third-order valence-corrected chi connectivity index (χ3v) is 3.87. The summed E-state index contributed by atoms with van der Waals surface area (Å²) in [4.78, 5) is 2.29. The lowest BCUT2D eigenvalue weighted by molar-refractivity contribution is 0.0760. The highest BCUT2D eigenvalue weighted by molar-refractivity contribution is 5.25. The minimum absolute atomic E-state index is 0.433. The van der Waals surface area contributed by atoms with Gasteiger partial charge in [0.05, 0.1) is 0 Å². The molecule has 106 valence electrons. The maximum absolute atomic E-state index is 5.40. The SMILES string of the molecule is Cc1cccc([C@H](CNC2CCOCC2)N(C)C)c1. The Morgan fingerprint density at radius 2 is 2.05 bits per heavy atom. The Labute approximate surface area is 116 Å². The van der Waals surface area contributed by atoms with Gasteiger partial charge in [-0.1, -0.05) is 29.8 Å². The number of nitrogens with zero attached hydrogens (tertiary/aromatic N) is 1. The predicted molar refractivity (Wildman–Crippen MR) is 79.5 cm³/mol. The maximum Gasteiger partial charge on any atom is 0.0480 e. The van der Waals surface area contributed by atoms with Crippen LogP contribution in [0.25, 0.3) is 0 Å². The molecule has 19 heavy (non-hydrogen) atoms. The van der Waals surface area contributed by atoms with Crippen LogP contribution in [-0.4, -0.2) is 44.8 Å². The zero-order valence-electron chi connectivity index (χ0n) is 12.4. The molecule has 1 N–H and O–H groups in total. The van der Waals surface area contributed by atoms with Gasteiger partial charge in [0.1, 0.15) is 0 Å². The summed E-state index contributed by atoms with van der Waals surface area (Å²) in [6.45, 7) is 4.95. The van der Waals surface area contributed by atoms with Crippen molar-refractivity contribution in [2.75, 3.05) is 33.9 Å². The number of rotatable bonds is 5. The molecule has 0 spiro atoms. The molecular weight excluding hydrogens is 236 g/mol. The fraction of sp³-hybridized carbons (Fsp3) is 0.625. The number of nitrogens with one attached hydrogen (secondary N) is 1. The molecule has 1 aromatic rings. The van der Waals surface area contributed by atoms with Crippen molar-refractivity contribution in [1.29, 1.82) is 0 Å². The van der Waals surface area contributed by atoms with E-state index in [-0.39, 0.29) is 0 Å². The van der Waals surface area contributed by atoms with Gasteiger partial charge in [-0.05, 0) is 39.4 Å². The van der Waals surface area contributed by atoms with Crippen LogP contribution in [0.5, 0.6) is 0 Å². The highest BCUT2D eigenvalue weighted by Gasteiger charge is 2.18. The van der Waals surface area contributed by atoms with E-state index in [0.717, 1.165) is 32.6 Å². The van der Waals surface area contributed by atoms with E-state index in [2.05, 4.69) is 55.5 Å². The molecule has 0 saturated carbocycles. The number of benzene rings is 1. The van der Waals surface area contributed by atoms with Crippen molar-refractivity contribution >= 4 is 0 Å². The van der Waals surface area contributed by atoms with E-state index < -0.39 is 0 Å². The topological polar surface area (TPSA) is 24.5 Å². The van der Waals surface area contributed by atoms with E-state index in [4.69, 9.17) is 4.74 Å². The molecule has 0 radical (unpaired) electrons. The van der Waals surface area contributed by atoms with Crippen molar-refractivity contribution in [3.05, 3.63) is 35.4 Å². The lowest BCUT2D eigenvalue weighted by Gasteiger charge is -2.29. The molecule has 0 aromatic heterocycles. The lowest BCUT2D eigenvalue weighted by atomic mass is 10.0. The summed E-state index contributed by atoms with van der Waals surface area (Å²) < 4.78 is 5.40. The Balaban J connectivity index is 1.96. The first kappa shape index (κ1) is 14.5. The predicted octanol–water partition coefficient (Wildman–Crippen LogP) is 2.37. The number of ether oxygens (including phenoxy) is 1. The first-order chi connectivity index (χ1) is 9.16. The largest absolute Gasteiger partial charge is 0.381 e. The molecule has 1 heterocycles. The number of likely N-dealkylation sites (N-methyl/N-ethyl adjacent to an activating group) is 1. The monoisotopic (exact) mass is 262 g/mol. The van der Waals surface area contributed by atoms with Crippen LogP contribution in [-0.2, 0) is 4.74 Å². The molecule has 0 amide bonds. The van der Waals surface area contributed by atoms with Crippen molar-refractivity contribution in [3.63, 3.8) is 0 Å². The molecule has 3 heteroatoms. The molecule has 1 aliphatic heterocycles. The summed E-state index contributed by atoms with van der Waals surface area (Å²) in [5, 5.41) is 3.70. The maximum atomic E-state index is 5.40. The molecule has 1 saturated heterocycles. The van der Waals surface area contributed by atoms with E-state index in [0.29, 0.717) is 12.1 Å². The van der Waals surface area contributed by atoms with E-state index in [1.54, 1.807) is 0 Å². The van der Waals surface area contributed by atoms with Gasteiger partial charge in [-0.15, -0.1) is 0 Å². The summed E-state index contributed by atoms with van der Waals surface area (Å²) in [6, 6.07) is 9.86. The van der Waals surface area contributed by atoms with Crippen molar-refractivity contribution in [1.82, 2.24) is 10.2 Å². The fourth-order valence-electron chi connectivity index (χ4n) is 2.66. The summed E-state index contributed by atoms with van der Waals surface area (Å²) in [6.07, 6.45) is 2.27. The molecule has 0 unspecified atom stereocenters. The van der Waals surface area contributed by atoms with Crippen LogP contribution in [0.15, 0.2) is 24.3 Å². The van der Waals surface area contributed by atoms with Crippen LogP contribution in [0.4, 0.5) is 0 Å². The Morgan fingerprint density at radius 3 is 2.68 bits per heavy atom. The molecule has 1 aliphatic rings. The molecule has 2 rings (SSSR count). The summed E-state index contributed by atoms with van der Waals surface area (Å²) in [7, 11) is 4.30. The van der Waals surface area contributed by atoms with Gasteiger partial charge in [-0.3, -0.25) is 0 Å². The van der Waals surface area contributed by atoms with Crippen LogP contribution in [0.1, 0.15) is 30.0 Å². The van der Waals surface area contributed by atoms with E-state index in [1.165, 1.54) is 11.1 Å². The van der Waals surface area contributed by atoms with Crippen LogP contribution in [0.2, 0.25) is 0 Å². The first-order valence-electron chi connectivity index (χ1n) is 7.21. The Morgan fingerprint density at radius 1 is 1.32 bits per heavy atom. The van der Waals surface area contributed by atoms with Crippen molar-refractivity contribution in [2.24, 2.45) is 0 Å². The quantitative estimate of drug-likeness (QED) is 0.881. The molecule has 1 aromatic carbocycles. The molecule has 0 aliphatic carbocycles. The molecule has 1 atom stereocenters. The second-order valence-electron chi connectivity index (χ2n) is 5.69. The first-order valence-corrected chi connectivity index (χ1v) is 7.21. The fourth-order valence-corrected chi connectivity index (χ4v) is 2.66. The standard InChI is InChI=1S/C16H26N2O/c1-13-5-4-6-14(11-13)16(18(2)3)12-17-15-7-9-19-10-8-15/h4-6,11,15-17H,7-10,12H2,1-3H3/t16-/m0/s1. The average Bonchev–Trinajstić information content (AvgIpc) is 2.40. The average molecular weight is 262 g/mol. The van der Waals surface area contributed by atoms with Gasteiger partial charge >= 0.3 is 0 Å². The Kier molecular flexibility index (Phi) is 5.37. The number of hydrogen-bond donors (Lipinski definition) is 1. The Hall–Kier alpha value is -0.900. The number of hydrogen-bond acceptors (Lipinski definition) is 3. The van der Waals surface area contributed by atoms with Gasteiger partial charge in [0.25, 0.3) is 0 Å². The summed E-state index contributed by atoms with van der Waals surface area (Å²) in [5.41, 5.74) is 2.72. The molecular formula is C16H26N2O. The van der Waals surface area contributed by atoms with Gasteiger partial charge in [0.15, 0.2) is 0 Å². The third kappa shape index (κ3) is 4.30. The summed E-state index contributed by atoms with van der Waals surface area (Å²) >= 11 is 0. The second kappa shape index (κ2) is 7.04. The second-order valence-corrected chi connectivity index (χ2v) is 5.69. The lowest BCUT2D eigenvalue weighted by Crippen LogP contribution is -2.40. The van der Waals surface area contributed by atoms with Crippen LogP contribution < -0.4 is 5.32 Å². The zero-order valence-corrected chi connectivity index (χ0v) is 12.4. The van der Waals surface area contributed by atoms with E-state index in [9.17, 15) is 0 Å². The summed E-state index contributed by atoms with van der Waals surface area (Å²) in [5.74, 6) is 0. The van der Waals surface area contributed by atoms with Gasteiger partial charge in [-0.2, -0.15) is 0 Å². The van der Waals surface area contributed by atoms with Gasteiger partial charge in [0, 0.05) is 31.8 Å². The van der Waals surface area contributed by atoms with Crippen LogP contribution >= 0.6 is 0 Å². The number of aryl methyl sites for hydroxylation is 1. The van der Waals surface area contributed by atoms with Crippen LogP contribution in [0.3, 0.4) is 0 Å².